The summed E-state index contributed by atoms with van der Waals surface area (Å²) >= 11 is 0. The SMILES string of the molecule is CCCCCN=C(NCCn1cnnc1CC)NC1CCN(C(=O)OCC)CC1.I. The maximum absolute atomic E-state index is 11.9. The van der Waals surface area contributed by atoms with Crippen molar-refractivity contribution in [2.75, 3.05) is 32.8 Å². The van der Waals surface area contributed by atoms with Crippen molar-refractivity contribution in [1.82, 2.24) is 30.3 Å². The third-order valence-corrected chi connectivity index (χ3v) is 5.05. The molecule has 0 bridgehead atoms. The zero-order valence-corrected chi connectivity index (χ0v) is 20.9. The summed E-state index contributed by atoms with van der Waals surface area (Å²) in [6.45, 7) is 10.3. The van der Waals surface area contributed by atoms with Crippen molar-refractivity contribution in [3.8, 4) is 0 Å². The van der Waals surface area contributed by atoms with Gasteiger partial charge in [-0.15, -0.1) is 34.2 Å². The first-order valence-electron chi connectivity index (χ1n) is 11.0. The van der Waals surface area contributed by atoms with Crippen molar-refractivity contribution >= 4 is 36.0 Å². The second-order valence-electron chi connectivity index (χ2n) is 7.26. The van der Waals surface area contributed by atoms with Crippen molar-refractivity contribution < 1.29 is 9.53 Å². The Morgan fingerprint density at radius 3 is 2.70 bits per heavy atom. The van der Waals surface area contributed by atoms with Gasteiger partial charge in [0, 0.05) is 45.2 Å². The molecule has 0 aromatic carbocycles. The van der Waals surface area contributed by atoms with Crippen LogP contribution in [0.2, 0.25) is 0 Å². The largest absolute Gasteiger partial charge is 0.450 e. The number of unbranched alkanes of at least 4 members (excludes halogenated alkanes) is 2. The van der Waals surface area contributed by atoms with Gasteiger partial charge in [0.2, 0.25) is 0 Å². The maximum Gasteiger partial charge on any atom is 0.409 e. The van der Waals surface area contributed by atoms with E-state index in [1.165, 1.54) is 12.8 Å². The van der Waals surface area contributed by atoms with Crippen molar-refractivity contribution in [1.29, 1.82) is 0 Å². The van der Waals surface area contributed by atoms with E-state index in [1.807, 2.05) is 6.92 Å². The van der Waals surface area contributed by atoms with E-state index >= 15 is 0 Å². The average Bonchev–Trinajstić information content (AvgIpc) is 3.19. The molecule has 2 rings (SSSR count). The van der Waals surface area contributed by atoms with Gasteiger partial charge in [0.25, 0.3) is 0 Å². The zero-order valence-electron chi connectivity index (χ0n) is 18.6. The smallest absolute Gasteiger partial charge is 0.409 e. The van der Waals surface area contributed by atoms with Crippen molar-refractivity contribution in [2.45, 2.75) is 71.9 Å². The van der Waals surface area contributed by atoms with Crippen molar-refractivity contribution in [3.63, 3.8) is 0 Å². The quantitative estimate of drug-likeness (QED) is 0.207. The Morgan fingerprint density at radius 1 is 1.27 bits per heavy atom. The van der Waals surface area contributed by atoms with Gasteiger partial charge in [0.1, 0.15) is 12.2 Å². The lowest BCUT2D eigenvalue weighted by molar-refractivity contribution is 0.0963. The lowest BCUT2D eigenvalue weighted by Crippen LogP contribution is -2.50. The number of piperidine rings is 1. The number of aromatic nitrogens is 3. The molecule has 0 saturated carbocycles. The molecule has 30 heavy (non-hydrogen) atoms. The number of nitrogens with zero attached hydrogens (tertiary/aromatic N) is 5. The first-order chi connectivity index (χ1) is 14.2. The molecule has 0 unspecified atom stereocenters. The lowest BCUT2D eigenvalue weighted by atomic mass is 10.1. The molecule has 1 aliphatic heterocycles. The number of likely N-dealkylation sites (tertiary alicyclic amines) is 1. The second kappa shape index (κ2) is 15.2. The summed E-state index contributed by atoms with van der Waals surface area (Å²) in [6, 6.07) is 0.305. The Balaban J connectivity index is 0.00000450. The third kappa shape index (κ3) is 9.05. The van der Waals surface area contributed by atoms with Crippen LogP contribution in [0.1, 0.15) is 58.7 Å². The van der Waals surface area contributed by atoms with Crippen LogP contribution in [-0.2, 0) is 17.7 Å². The van der Waals surface area contributed by atoms with Crippen LogP contribution in [0.3, 0.4) is 0 Å². The number of nitrogens with one attached hydrogen (secondary N) is 2. The topological polar surface area (TPSA) is 96.7 Å². The number of halogens is 1. The fraction of sp³-hybridized carbons (Fsp3) is 0.800. The highest BCUT2D eigenvalue weighted by Gasteiger charge is 2.24. The first-order valence-corrected chi connectivity index (χ1v) is 11.0. The van der Waals surface area contributed by atoms with Gasteiger partial charge in [-0.2, -0.15) is 0 Å². The molecule has 1 fully saturated rings. The number of hydrogen-bond acceptors (Lipinski definition) is 5. The number of carbonyl (C=O) groups excluding carboxylic acids is 1. The molecule has 0 spiro atoms. The molecule has 1 amide bonds. The predicted octanol–water partition coefficient (Wildman–Crippen LogP) is 2.80. The molecule has 0 atom stereocenters. The summed E-state index contributed by atoms with van der Waals surface area (Å²) in [5.41, 5.74) is 0. The zero-order chi connectivity index (χ0) is 20.9. The van der Waals surface area contributed by atoms with Gasteiger partial charge in [0.15, 0.2) is 5.96 Å². The van der Waals surface area contributed by atoms with E-state index < -0.39 is 0 Å². The first kappa shape index (κ1) is 26.4. The van der Waals surface area contributed by atoms with Crippen LogP contribution in [-0.4, -0.2) is 70.5 Å². The summed E-state index contributed by atoms with van der Waals surface area (Å²) in [5.74, 6) is 1.84. The van der Waals surface area contributed by atoms with E-state index in [-0.39, 0.29) is 30.1 Å². The van der Waals surface area contributed by atoms with E-state index in [9.17, 15) is 4.79 Å². The molecule has 10 heteroatoms. The van der Waals surface area contributed by atoms with Crippen LogP contribution >= 0.6 is 24.0 Å². The van der Waals surface area contributed by atoms with E-state index in [1.54, 1.807) is 11.2 Å². The number of guanidine groups is 1. The molecule has 9 nitrogen and oxygen atoms in total. The fourth-order valence-electron chi connectivity index (χ4n) is 3.35. The van der Waals surface area contributed by atoms with E-state index in [0.717, 1.165) is 57.1 Å². The van der Waals surface area contributed by atoms with E-state index in [0.29, 0.717) is 25.7 Å². The number of rotatable bonds is 10. The maximum atomic E-state index is 11.9. The molecule has 0 aliphatic carbocycles. The number of amides is 1. The van der Waals surface area contributed by atoms with Crippen LogP contribution in [0.4, 0.5) is 4.79 Å². The number of aliphatic imine (C=N–C) groups is 1. The van der Waals surface area contributed by atoms with Crippen LogP contribution in [0, 0.1) is 0 Å². The van der Waals surface area contributed by atoms with Crippen LogP contribution in [0.5, 0.6) is 0 Å². The lowest BCUT2D eigenvalue weighted by Gasteiger charge is -2.32. The molecule has 1 aromatic rings. The molecule has 2 N–H and O–H groups in total. The monoisotopic (exact) mass is 535 g/mol. The number of ether oxygens (including phenoxy) is 1. The Kier molecular flexibility index (Phi) is 13.4. The number of aryl methyl sites for hydroxylation is 1. The Morgan fingerprint density at radius 2 is 2.03 bits per heavy atom. The molecule has 172 valence electrons. The molecule has 1 aromatic heterocycles. The normalized spacial score (nSPS) is 14.9. The Labute approximate surface area is 197 Å². The minimum atomic E-state index is -0.210. The summed E-state index contributed by atoms with van der Waals surface area (Å²) in [4.78, 5) is 18.4. The standard InChI is InChI=1S/C20H37N7O2.HI/c1-4-7-8-11-21-19(22-12-15-27-16-23-25-18(27)5-2)24-17-9-13-26(14-10-17)20(28)29-6-3;/h16-17H,4-15H2,1-3H3,(H2,21,22,24);1H. The second-order valence-corrected chi connectivity index (χ2v) is 7.26. The highest BCUT2D eigenvalue weighted by atomic mass is 127. The highest BCUT2D eigenvalue weighted by Crippen LogP contribution is 2.11. The minimum Gasteiger partial charge on any atom is -0.450 e. The van der Waals surface area contributed by atoms with E-state index in [2.05, 4.69) is 39.2 Å². The van der Waals surface area contributed by atoms with Gasteiger partial charge < -0.3 is 24.8 Å². The number of hydrogen-bond donors (Lipinski definition) is 2. The summed E-state index contributed by atoms with van der Waals surface area (Å²) in [7, 11) is 0. The molecule has 1 saturated heterocycles. The average molecular weight is 535 g/mol. The Hall–Kier alpha value is -1.59. The van der Waals surface area contributed by atoms with Gasteiger partial charge in [-0.3, -0.25) is 4.99 Å². The van der Waals surface area contributed by atoms with Crippen molar-refractivity contribution in [2.24, 2.45) is 4.99 Å². The van der Waals surface area contributed by atoms with Gasteiger partial charge >= 0.3 is 6.09 Å². The van der Waals surface area contributed by atoms with E-state index in [4.69, 9.17) is 9.73 Å². The van der Waals surface area contributed by atoms with Crippen LogP contribution < -0.4 is 10.6 Å². The summed E-state index contributed by atoms with van der Waals surface area (Å²) < 4.78 is 7.17. The summed E-state index contributed by atoms with van der Waals surface area (Å²) in [6.07, 6.45) is 7.68. The van der Waals surface area contributed by atoms with Gasteiger partial charge in [-0.25, -0.2) is 4.79 Å². The van der Waals surface area contributed by atoms with Gasteiger partial charge in [-0.05, 0) is 26.2 Å². The molecule has 2 heterocycles. The van der Waals surface area contributed by atoms with Crippen LogP contribution in [0.15, 0.2) is 11.3 Å². The van der Waals surface area contributed by atoms with Crippen molar-refractivity contribution in [3.05, 3.63) is 12.2 Å². The number of carbonyl (C=O) groups is 1. The fourth-order valence-corrected chi connectivity index (χ4v) is 3.35. The molecular weight excluding hydrogens is 497 g/mol. The van der Waals surface area contributed by atoms with Gasteiger partial charge in [-0.1, -0.05) is 26.7 Å². The third-order valence-electron chi connectivity index (χ3n) is 5.05. The molecule has 0 radical (unpaired) electrons. The van der Waals surface area contributed by atoms with Crippen LogP contribution in [0.25, 0.3) is 0 Å². The highest BCUT2D eigenvalue weighted by molar-refractivity contribution is 14.0. The summed E-state index contributed by atoms with van der Waals surface area (Å²) in [5, 5.41) is 15.1. The van der Waals surface area contributed by atoms with Gasteiger partial charge in [0.05, 0.1) is 6.61 Å². The predicted molar refractivity (Wildman–Crippen MR) is 129 cm³/mol. The molecule has 1 aliphatic rings. The Bertz CT molecular complexity index is 630. The molecular formula is C20H38IN7O2. The minimum absolute atomic E-state index is 0.